The quantitative estimate of drug-likeness (QED) is 0.636. The predicted octanol–water partition coefficient (Wildman–Crippen LogP) is 3.10. The zero-order valence-corrected chi connectivity index (χ0v) is 17.5. The molecule has 1 fully saturated rings. The third-order valence-electron chi connectivity index (χ3n) is 5.25. The summed E-state index contributed by atoms with van der Waals surface area (Å²) in [7, 11) is -1.98. The summed E-state index contributed by atoms with van der Waals surface area (Å²) in [5.74, 6) is 0.802. The van der Waals surface area contributed by atoms with Gasteiger partial charge in [-0.1, -0.05) is 30.3 Å². The van der Waals surface area contributed by atoms with Crippen molar-refractivity contribution in [2.24, 2.45) is 0 Å². The molecule has 0 bridgehead atoms. The number of ether oxygens (including phenoxy) is 1. The van der Waals surface area contributed by atoms with Gasteiger partial charge in [-0.3, -0.25) is 4.79 Å². The minimum atomic E-state index is -3.53. The molecule has 1 aliphatic rings. The molecule has 0 atom stereocenters. The molecular weight excluding hydrogens is 388 g/mol. The van der Waals surface area contributed by atoms with E-state index in [4.69, 9.17) is 4.74 Å². The van der Waals surface area contributed by atoms with Crippen molar-refractivity contribution in [2.75, 3.05) is 26.7 Å². The van der Waals surface area contributed by atoms with E-state index in [0.29, 0.717) is 12.2 Å². The van der Waals surface area contributed by atoms with Gasteiger partial charge in [-0.25, -0.2) is 13.1 Å². The van der Waals surface area contributed by atoms with Crippen LogP contribution in [-0.2, 0) is 10.0 Å². The average Bonchev–Trinajstić information content (AvgIpc) is 2.75. The fourth-order valence-electron chi connectivity index (χ4n) is 3.55. The molecule has 0 saturated carbocycles. The van der Waals surface area contributed by atoms with Gasteiger partial charge in [-0.2, -0.15) is 0 Å². The van der Waals surface area contributed by atoms with E-state index in [1.54, 1.807) is 31.4 Å². The van der Waals surface area contributed by atoms with Gasteiger partial charge < -0.3 is 9.64 Å². The molecule has 1 saturated heterocycles. The first-order valence-corrected chi connectivity index (χ1v) is 11.4. The highest BCUT2D eigenvalue weighted by molar-refractivity contribution is 7.89. The number of nitrogens with one attached hydrogen (secondary N) is 1. The van der Waals surface area contributed by atoms with Crippen molar-refractivity contribution in [1.82, 2.24) is 9.62 Å². The Labute approximate surface area is 172 Å². The molecule has 1 N–H and O–H groups in total. The van der Waals surface area contributed by atoms with Crippen LogP contribution >= 0.6 is 0 Å². The van der Waals surface area contributed by atoms with Crippen LogP contribution in [0.25, 0.3) is 0 Å². The molecule has 1 aliphatic heterocycles. The first-order chi connectivity index (χ1) is 14.0. The second kappa shape index (κ2) is 10.0. The Morgan fingerprint density at radius 2 is 1.72 bits per heavy atom. The van der Waals surface area contributed by atoms with E-state index in [0.717, 1.165) is 44.5 Å². The average molecular weight is 417 g/mol. The van der Waals surface area contributed by atoms with Crippen LogP contribution in [0.1, 0.15) is 36.0 Å². The van der Waals surface area contributed by atoms with Crippen LogP contribution in [0.4, 0.5) is 0 Å². The molecule has 0 unspecified atom stereocenters. The van der Waals surface area contributed by atoms with Gasteiger partial charge in [-0.15, -0.1) is 0 Å². The van der Waals surface area contributed by atoms with Gasteiger partial charge in [0, 0.05) is 18.0 Å². The number of sulfonamides is 1. The Kier molecular flexibility index (Phi) is 7.41. The maximum Gasteiger partial charge on any atom is 0.240 e. The molecule has 0 amide bonds. The van der Waals surface area contributed by atoms with E-state index >= 15 is 0 Å². The number of methoxy groups -OCH3 is 1. The van der Waals surface area contributed by atoms with Gasteiger partial charge in [0.05, 0.1) is 12.0 Å². The van der Waals surface area contributed by atoms with E-state index in [1.807, 2.05) is 30.3 Å². The Morgan fingerprint density at radius 1 is 1.07 bits per heavy atom. The normalized spacial score (nSPS) is 15.9. The molecule has 1 heterocycles. The number of carbonyl (C=O) groups is 1. The molecule has 156 valence electrons. The lowest BCUT2D eigenvalue weighted by molar-refractivity contribution is 0.0972. The van der Waals surface area contributed by atoms with Crippen molar-refractivity contribution >= 4 is 15.8 Å². The summed E-state index contributed by atoms with van der Waals surface area (Å²) >= 11 is 0. The number of nitrogens with zero attached hydrogens (tertiary/aromatic N) is 1. The second-order valence-corrected chi connectivity index (χ2v) is 9.02. The lowest BCUT2D eigenvalue weighted by Crippen LogP contribution is -2.44. The Hall–Kier alpha value is -2.22. The number of ketones is 1. The molecule has 29 heavy (non-hydrogen) atoms. The first kappa shape index (κ1) is 21.5. The molecule has 6 nitrogen and oxygen atoms in total. The third kappa shape index (κ3) is 6.13. The zero-order chi connectivity index (χ0) is 20.7. The maximum absolute atomic E-state index is 12.6. The van der Waals surface area contributed by atoms with Crippen LogP contribution in [0.15, 0.2) is 59.5 Å². The number of hydrogen-bond donors (Lipinski definition) is 1. The molecule has 2 aromatic carbocycles. The van der Waals surface area contributed by atoms with Crippen LogP contribution in [0.5, 0.6) is 5.75 Å². The van der Waals surface area contributed by atoms with Gasteiger partial charge in [-0.05, 0) is 63.2 Å². The van der Waals surface area contributed by atoms with E-state index < -0.39 is 10.0 Å². The summed E-state index contributed by atoms with van der Waals surface area (Å²) in [4.78, 5) is 14.7. The predicted molar refractivity (Wildman–Crippen MR) is 113 cm³/mol. The highest BCUT2D eigenvalue weighted by atomic mass is 32.2. The number of likely N-dealkylation sites (tertiary alicyclic amines) is 1. The maximum atomic E-state index is 12.6. The van der Waals surface area contributed by atoms with E-state index in [2.05, 4.69) is 9.62 Å². The van der Waals surface area contributed by atoms with Crippen LogP contribution < -0.4 is 9.46 Å². The second-order valence-electron chi connectivity index (χ2n) is 7.31. The smallest absolute Gasteiger partial charge is 0.240 e. The van der Waals surface area contributed by atoms with Crippen LogP contribution in [0.3, 0.4) is 0 Å². The number of benzene rings is 2. The van der Waals surface area contributed by atoms with Crippen molar-refractivity contribution < 1.29 is 17.9 Å². The Bertz CT molecular complexity index is 890. The summed E-state index contributed by atoms with van der Waals surface area (Å²) in [6.45, 7) is 2.52. The van der Waals surface area contributed by atoms with Crippen molar-refractivity contribution in [2.45, 2.75) is 36.6 Å². The number of piperidine rings is 1. The number of rotatable bonds is 9. The minimum absolute atomic E-state index is 0.0655. The van der Waals surface area contributed by atoms with Crippen LogP contribution in [0, 0.1) is 0 Å². The Balaban J connectivity index is 1.41. The fraction of sp³-hybridized carbons (Fsp3) is 0.409. The molecule has 0 aliphatic carbocycles. The SMILES string of the molecule is COc1ccc(S(=O)(=O)NC2CCN(CCCC(=O)c3ccccc3)CC2)cc1. The van der Waals surface area contributed by atoms with E-state index in [-0.39, 0.29) is 16.7 Å². The highest BCUT2D eigenvalue weighted by Crippen LogP contribution is 2.18. The molecule has 7 heteroatoms. The van der Waals surface area contributed by atoms with Gasteiger partial charge in [0.2, 0.25) is 10.0 Å². The van der Waals surface area contributed by atoms with Gasteiger partial charge in [0.15, 0.2) is 5.78 Å². The standard InChI is InChI=1S/C22H28N2O4S/c1-28-20-9-11-21(12-10-20)29(26,27)23-19-13-16-24(17-14-19)15-5-8-22(25)18-6-3-2-4-7-18/h2-4,6-7,9-12,19,23H,5,8,13-17H2,1H3. The van der Waals surface area contributed by atoms with Crippen molar-refractivity contribution in [1.29, 1.82) is 0 Å². The van der Waals surface area contributed by atoms with Crippen molar-refractivity contribution in [3.8, 4) is 5.75 Å². The highest BCUT2D eigenvalue weighted by Gasteiger charge is 2.24. The topological polar surface area (TPSA) is 75.7 Å². The number of hydrogen-bond acceptors (Lipinski definition) is 5. The summed E-state index contributed by atoms with van der Waals surface area (Å²) in [5, 5.41) is 0. The molecule has 0 radical (unpaired) electrons. The number of Topliss-reactive ketones (excluding diaryl/α,β-unsaturated/α-hetero) is 1. The fourth-order valence-corrected chi connectivity index (χ4v) is 4.85. The zero-order valence-electron chi connectivity index (χ0n) is 16.7. The molecule has 0 spiro atoms. The molecule has 2 aromatic rings. The largest absolute Gasteiger partial charge is 0.497 e. The Morgan fingerprint density at radius 3 is 2.34 bits per heavy atom. The van der Waals surface area contributed by atoms with Crippen molar-refractivity contribution in [3.63, 3.8) is 0 Å². The lowest BCUT2D eigenvalue weighted by Gasteiger charge is -2.32. The van der Waals surface area contributed by atoms with E-state index in [9.17, 15) is 13.2 Å². The summed E-state index contributed by atoms with van der Waals surface area (Å²) in [6, 6.07) is 15.7. The van der Waals surface area contributed by atoms with Crippen molar-refractivity contribution in [3.05, 3.63) is 60.2 Å². The lowest BCUT2D eigenvalue weighted by atomic mass is 10.0. The summed E-state index contributed by atoms with van der Waals surface area (Å²) < 4.78 is 33.0. The molecule has 3 rings (SSSR count). The van der Waals surface area contributed by atoms with Crippen LogP contribution in [0.2, 0.25) is 0 Å². The van der Waals surface area contributed by atoms with Crippen LogP contribution in [-0.4, -0.2) is 51.9 Å². The molecular formula is C22H28N2O4S. The minimum Gasteiger partial charge on any atom is -0.497 e. The summed E-state index contributed by atoms with van der Waals surface area (Å²) in [5.41, 5.74) is 0.763. The third-order valence-corrected chi connectivity index (χ3v) is 6.79. The van der Waals surface area contributed by atoms with Gasteiger partial charge >= 0.3 is 0 Å². The van der Waals surface area contributed by atoms with E-state index in [1.165, 1.54) is 0 Å². The first-order valence-electron chi connectivity index (χ1n) is 9.95. The number of carbonyl (C=O) groups excluding carboxylic acids is 1. The molecule has 0 aromatic heterocycles. The van der Waals surface area contributed by atoms with Gasteiger partial charge in [0.25, 0.3) is 0 Å². The summed E-state index contributed by atoms with van der Waals surface area (Å²) in [6.07, 6.45) is 2.88. The monoisotopic (exact) mass is 416 g/mol. The van der Waals surface area contributed by atoms with Gasteiger partial charge in [0.1, 0.15) is 5.75 Å².